The second kappa shape index (κ2) is 12.8. The molecule has 3 aromatic heterocycles. The quantitative estimate of drug-likeness (QED) is 0.403. The maximum Gasteiger partial charge on any atom is 0.230 e. The van der Waals surface area contributed by atoms with E-state index in [9.17, 15) is 0 Å². The molecule has 2 saturated heterocycles. The lowest BCUT2D eigenvalue weighted by Crippen LogP contribution is -2.37. The van der Waals surface area contributed by atoms with E-state index in [4.69, 9.17) is 24.2 Å². The van der Waals surface area contributed by atoms with Gasteiger partial charge in [-0.3, -0.25) is 9.97 Å². The molecule has 0 saturated carbocycles. The van der Waals surface area contributed by atoms with Crippen molar-refractivity contribution in [2.45, 2.75) is 6.42 Å². The molecule has 3 aliphatic heterocycles. The highest BCUT2D eigenvalue weighted by Gasteiger charge is 2.30. The van der Waals surface area contributed by atoms with E-state index in [0.29, 0.717) is 30.8 Å². The number of rotatable bonds is 5. The minimum atomic E-state index is 0.574. The second-order valence-electron chi connectivity index (χ2n) is 9.58. The van der Waals surface area contributed by atoms with E-state index in [2.05, 4.69) is 37.2 Å². The molecule has 0 unspecified atom stereocenters. The summed E-state index contributed by atoms with van der Waals surface area (Å²) in [6, 6.07) is 16.1. The van der Waals surface area contributed by atoms with Gasteiger partial charge >= 0.3 is 0 Å². The molecule has 3 aliphatic rings. The third-order valence-corrected chi connectivity index (χ3v) is 6.91. The lowest BCUT2D eigenvalue weighted by molar-refractivity contribution is 0.109. The van der Waals surface area contributed by atoms with Crippen molar-refractivity contribution in [2.24, 2.45) is 0 Å². The summed E-state index contributed by atoms with van der Waals surface area (Å²) in [7, 11) is 0. The topological polar surface area (TPSA) is 97.8 Å². The molecule has 6 heterocycles. The van der Waals surface area contributed by atoms with E-state index in [1.165, 1.54) is 0 Å². The fourth-order valence-corrected chi connectivity index (χ4v) is 4.86. The van der Waals surface area contributed by atoms with Crippen molar-refractivity contribution >= 4 is 17.5 Å². The van der Waals surface area contributed by atoms with Gasteiger partial charge in [-0.2, -0.15) is 9.97 Å². The van der Waals surface area contributed by atoms with Crippen molar-refractivity contribution in [1.29, 1.82) is 0 Å². The van der Waals surface area contributed by atoms with E-state index in [1.54, 1.807) is 12.4 Å². The minimum absolute atomic E-state index is 0.574. The van der Waals surface area contributed by atoms with Crippen LogP contribution in [0, 0.1) is 0 Å². The number of nitrogens with zero attached hydrogens (tertiary/aromatic N) is 6. The molecule has 4 aromatic rings. The summed E-state index contributed by atoms with van der Waals surface area (Å²) in [5.41, 5.74) is 4.08. The number of nitrogens with one attached hydrogen (secondary N) is 1. The second-order valence-corrected chi connectivity index (χ2v) is 9.58. The SMILES string of the molecule is C1COCCN1.c1ccc(-c2cncc(Oc3nc(N4CCOCC4)nc4c3CCN4c3cccnc3)c2)cc1. The van der Waals surface area contributed by atoms with Crippen LogP contribution in [0.4, 0.5) is 17.5 Å². The Labute approximate surface area is 234 Å². The third-order valence-electron chi connectivity index (χ3n) is 6.91. The van der Waals surface area contributed by atoms with E-state index in [0.717, 1.165) is 80.6 Å². The Morgan fingerprint density at radius 1 is 0.775 bits per heavy atom. The van der Waals surface area contributed by atoms with Crippen molar-refractivity contribution < 1.29 is 14.2 Å². The zero-order valence-corrected chi connectivity index (χ0v) is 22.4. The largest absolute Gasteiger partial charge is 0.437 e. The molecule has 10 nitrogen and oxygen atoms in total. The molecule has 0 aliphatic carbocycles. The van der Waals surface area contributed by atoms with Crippen molar-refractivity contribution in [3.8, 4) is 22.8 Å². The number of hydrogen-bond acceptors (Lipinski definition) is 10. The molecule has 40 heavy (non-hydrogen) atoms. The van der Waals surface area contributed by atoms with E-state index in [1.807, 2.05) is 48.8 Å². The van der Waals surface area contributed by atoms with Crippen LogP contribution >= 0.6 is 0 Å². The van der Waals surface area contributed by atoms with Crippen LogP contribution in [-0.4, -0.2) is 79.1 Å². The first-order valence-electron chi connectivity index (χ1n) is 13.7. The van der Waals surface area contributed by atoms with E-state index >= 15 is 0 Å². The monoisotopic (exact) mass is 539 g/mol. The maximum absolute atomic E-state index is 6.39. The Morgan fingerprint density at radius 3 is 2.33 bits per heavy atom. The highest BCUT2D eigenvalue weighted by molar-refractivity contribution is 5.69. The summed E-state index contributed by atoms with van der Waals surface area (Å²) in [5.74, 6) is 2.74. The molecular formula is C30H33N7O3. The van der Waals surface area contributed by atoms with Crippen LogP contribution in [0.25, 0.3) is 11.1 Å². The number of morpholine rings is 2. The fraction of sp³-hybridized carbons (Fsp3) is 0.333. The van der Waals surface area contributed by atoms with Crippen LogP contribution in [0.15, 0.2) is 73.3 Å². The standard InChI is InChI=1S/C26H24N6O2.C4H9NO/c1-2-5-19(6-3-1)20-15-22(18-28-16-20)34-25-23-8-10-32(21-7-4-9-27-17-21)24(23)29-26(30-25)31-11-13-33-14-12-31;1-3-6-4-2-5-1/h1-7,9,15-18H,8,10-14H2;5H,1-4H2. The summed E-state index contributed by atoms with van der Waals surface area (Å²) >= 11 is 0. The summed E-state index contributed by atoms with van der Waals surface area (Å²) < 4.78 is 16.9. The van der Waals surface area contributed by atoms with E-state index in [-0.39, 0.29) is 0 Å². The van der Waals surface area contributed by atoms with Crippen molar-refractivity contribution in [3.05, 3.63) is 78.9 Å². The smallest absolute Gasteiger partial charge is 0.230 e. The Bertz CT molecular complexity index is 1370. The van der Waals surface area contributed by atoms with Crippen LogP contribution in [0.5, 0.6) is 11.6 Å². The number of pyridine rings is 2. The lowest BCUT2D eigenvalue weighted by atomic mass is 10.1. The molecule has 206 valence electrons. The Kier molecular flexibility index (Phi) is 8.37. The first kappa shape index (κ1) is 26.1. The van der Waals surface area contributed by atoms with Gasteiger partial charge in [0.25, 0.3) is 0 Å². The van der Waals surface area contributed by atoms with Crippen molar-refractivity contribution in [2.75, 3.05) is 69.0 Å². The van der Waals surface area contributed by atoms with Crippen LogP contribution in [0.1, 0.15) is 5.56 Å². The Morgan fingerprint density at radius 2 is 1.60 bits per heavy atom. The van der Waals surface area contributed by atoms with Crippen LogP contribution in [0.2, 0.25) is 0 Å². The van der Waals surface area contributed by atoms with Gasteiger partial charge in [-0.05, 0) is 30.2 Å². The molecule has 0 amide bonds. The van der Waals surface area contributed by atoms with Gasteiger partial charge in [0.05, 0.1) is 50.1 Å². The van der Waals surface area contributed by atoms with Gasteiger partial charge in [-0.25, -0.2) is 0 Å². The molecule has 1 aromatic carbocycles. The summed E-state index contributed by atoms with van der Waals surface area (Å²) in [6.07, 6.45) is 7.99. The number of anilines is 3. The molecule has 0 atom stereocenters. The number of aromatic nitrogens is 4. The molecule has 0 spiro atoms. The molecule has 2 fully saturated rings. The highest BCUT2D eigenvalue weighted by Crippen LogP contribution is 2.40. The minimum Gasteiger partial charge on any atom is -0.437 e. The number of benzene rings is 1. The summed E-state index contributed by atoms with van der Waals surface area (Å²) in [5, 5.41) is 3.16. The van der Waals surface area contributed by atoms with Gasteiger partial charge in [0.15, 0.2) is 0 Å². The van der Waals surface area contributed by atoms with Crippen LogP contribution in [-0.2, 0) is 15.9 Å². The molecule has 0 bridgehead atoms. The Balaban J connectivity index is 0.000000429. The number of hydrogen-bond donors (Lipinski definition) is 1. The fourth-order valence-electron chi connectivity index (χ4n) is 4.86. The maximum atomic E-state index is 6.39. The normalized spacial score (nSPS) is 16.6. The van der Waals surface area contributed by atoms with Gasteiger partial charge < -0.3 is 29.3 Å². The molecule has 0 radical (unpaired) electrons. The highest BCUT2D eigenvalue weighted by atomic mass is 16.5. The Hall–Kier alpha value is -4.12. The lowest BCUT2D eigenvalue weighted by Gasteiger charge is -2.28. The zero-order chi connectivity index (χ0) is 27.0. The zero-order valence-electron chi connectivity index (χ0n) is 22.4. The first-order valence-corrected chi connectivity index (χ1v) is 13.7. The number of fused-ring (bicyclic) bond motifs is 1. The molecule has 7 rings (SSSR count). The summed E-state index contributed by atoms with van der Waals surface area (Å²) in [6.45, 7) is 7.44. The van der Waals surface area contributed by atoms with E-state index < -0.39 is 0 Å². The predicted molar refractivity (Wildman–Crippen MR) is 153 cm³/mol. The molecular weight excluding hydrogens is 506 g/mol. The molecule has 1 N–H and O–H groups in total. The average molecular weight is 540 g/mol. The van der Waals surface area contributed by atoms with Crippen molar-refractivity contribution in [3.63, 3.8) is 0 Å². The van der Waals surface area contributed by atoms with Crippen LogP contribution < -0.4 is 19.9 Å². The van der Waals surface area contributed by atoms with Crippen LogP contribution in [0.3, 0.4) is 0 Å². The van der Waals surface area contributed by atoms with Gasteiger partial charge in [0, 0.05) is 50.7 Å². The van der Waals surface area contributed by atoms with Gasteiger partial charge in [0.2, 0.25) is 11.8 Å². The number of ether oxygens (including phenoxy) is 3. The first-order chi connectivity index (χ1) is 19.8. The molecule has 10 heteroatoms. The summed E-state index contributed by atoms with van der Waals surface area (Å²) in [4.78, 5) is 22.9. The predicted octanol–water partition coefficient (Wildman–Crippen LogP) is 3.86. The average Bonchev–Trinajstić information content (AvgIpc) is 3.48. The van der Waals surface area contributed by atoms with Gasteiger partial charge in [-0.1, -0.05) is 30.3 Å². The van der Waals surface area contributed by atoms with Gasteiger partial charge in [0.1, 0.15) is 11.6 Å². The third kappa shape index (κ3) is 6.20. The van der Waals surface area contributed by atoms with Crippen molar-refractivity contribution in [1.82, 2.24) is 25.3 Å². The van der Waals surface area contributed by atoms with Gasteiger partial charge in [-0.15, -0.1) is 0 Å².